The van der Waals surface area contributed by atoms with E-state index in [0.29, 0.717) is 30.4 Å². The summed E-state index contributed by atoms with van der Waals surface area (Å²) in [5.41, 5.74) is 3.36. The zero-order chi connectivity index (χ0) is 36.5. The summed E-state index contributed by atoms with van der Waals surface area (Å²) in [6.45, 7) is 6.86. The molecule has 2 aromatic carbocycles. The molecule has 51 heavy (non-hydrogen) atoms. The van der Waals surface area contributed by atoms with Gasteiger partial charge in [-0.2, -0.15) is 0 Å². The second-order valence-corrected chi connectivity index (χ2v) is 13.6. The fourth-order valence-corrected chi connectivity index (χ4v) is 6.58. The third-order valence-electron chi connectivity index (χ3n) is 8.38. The van der Waals surface area contributed by atoms with Gasteiger partial charge in [-0.15, -0.1) is 11.3 Å². The number of aromatic amines is 2. The Hall–Kier alpha value is -5.21. The average molecular weight is 717 g/mol. The number of amides is 3. The quantitative estimate of drug-likeness (QED) is 0.0888. The summed E-state index contributed by atoms with van der Waals surface area (Å²) in [6, 6.07) is 11.0. The molecule has 0 saturated heterocycles. The summed E-state index contributed by atoms with van der Waals surface area (Å²) < 4.78 is 16.0. The van der Waals surface area contributed by atoms with Crippen LogP contribution in [0.15, 0.2) is 60.2 Å². The molecule has 0 fully saturated rings. The largest absolute Gasteiger partial charge is 0.496 e. The lowest BCUT2D eigenvalue weighted by atomic mass is 10.0. The molecule has 0 aliphatic rings. The highest BCUT2D eigenvalue weighted by Crippen LogP contribution is 2.29. The Kier molecular flexibility index (Phi) is 12.5. The summed E-state index contributed by atoms with van der Waals surface area (Å²) in [5, 5.41) is 12.4. The molecule has 0 saturated carbocycles. The van der Waals surface area contributed by atoms with Crippen molar-refractivity contribution in [1.29, 1.82) is 0 Å². The first-order valence-electron chi connectivity index (χ1n) is 16.7. The van der Waals surface area contributed by atoms with Crippen molar-refractivity contribution in [2.75, 3.05) is 34.0 Å². The van der Waals surface area contributed by atoms with E-state index in [0.717, 1.165) is 32.4 Å². The minimum absolute atomic E-state index is 0.0204. The molecule has 3 atom stereocenters. The molecule has 5 aromatic rings. The lowest BCUT2D eigenvalue weighted by molar-refractivity contribution is -0.141. The molecule has 5 rings (SSSR count). The topological polar surface area (TPSA) is 177 Å². The van der Waals surface area contributed by atoms with Gasteiger partial charge in [0.25, 0.3) is 5.91 Å². The monoisotopic (exact) mass is 716 g/mol. The Labute approximate surface area is 299 Å². The number of aromatic nitrogens is 3. The lowest BCUT2D eigenvalue weighted by Crippen LogP contribution is -2.55. The summed E-state index contributed by atoms with van der Waals surface area (Å²) in [4.78, 5) is 64.3. The number of rotatable bonds is 17. The number of fused-ring (bicyclic) bond motifs is 2. The van der Waals surface area contributed by atoms with Crippen molar-refractivity contribution in [2.24, 2.45) is 5.92 Å². The number of carbonyl (C=O) groups excluding carboxylic acids is 4. The second-order valence-electron chi connectivity index (χ2n) is 12.7. The molecular formula is C37H44N6O7S. The predicted octanol–water partition coefficient (Wildman–Crippen LogP) is 4.25. The minimum Gasteiger partial charge on any atom is -0.496 e. The van der Waals surface area contributed by atoms with Crippen LogP contribution in [0.1, 0.15) is 53.3 Å². The van der Waals surface area contributed by atoms with Crippen LogP contribution in [-0.2, 0) is 36.7 Å². The number of benzene rings is 2. The Morgan fingerprint density at radius 1 is 0.843 bits per heavy atom. The Bertz CT molecular complexity index is 1980. The highest BCUT2D eigenvalue weighted by molar-refractivity contribution is 7.09. The number of ether oxygens (including phenoxy) is 3. The van der Waals surface area contributed by atoms with Crippen LogP contribution >= 0.6 is 11.3 Å². The van der Waals surface area contributed by atoms with Gasteiger partial charge in [0.2, 0.25) is 11.8 Å². The predicted molar refractivity (Wildman–Crippen MR) is 195 cm³/mol. The molecule has 0 spiro atoms. The number of esters is 1. The highest BCUT2D eigenvalue weighted by Gasteiger charge is 2.30. The molecule has 5 N–H and O–H groups in total. The molecule has 270 valence electrons. The molecule has 3 unspecified atom stereocenters. The van der Waals surface area contributed by atoms with Crippen molar-refractivity contribution in [1.82, 2.24) is 30.9 Å². The molecule has 3 heterocycles. The summed E-state index contributed by atoms with van der Waals surface area (Å²) in [6.07, 6.45) is 3.73. The van der Waals surface area contributed by atoms with Gasteiger partial charge in [0.1, 0.15) is 30.1 Å². The molecule has 3 aromatic heterocycles. The van der Waals surface area contributed by atoms with E-state index in [1.54, 1.807) is 30.9 Å². The molecule has 3 amide bonds. The van der Waals surface area contributed by atoms with Gasteiger partial charge in [0.05, 0.1) is 25.8 Å². The van der Waals surface area contributed by atoms with E-state index in [9.17, 15) is 19.2 Å². The summed E-state index contributed by atoms with van der Waals surface area (Å²) >= 11 is 1.36. The maximum absolute atomic E-state index is 14.2. The number of carbonyl (C=O) groups is 4. The number of hydrogen-bond donors (Lipinski definition) is 5. The SMILES string of the molecule is COC(=O)CNC(=O)C(Cc1c[nH]c2cccc(OC)c12)NC(=O)C(Cc1c[nH]c2ccccc12)NC(=O)c1csc(C(C)COCC(C)C)n1. The van der Waals surface area contributed by atoms with Gasteiger partial charge in [0, 0.05) is 64.9 Å². The van der Waals surface area contributed by atoms with E-state index in [2.05, 4.69) is 44.7 Å². The van der Waals surface area contributed by atoms with E-state index in [1.165, 1.54) is 18.4 Å². The number of hydrogen-bond acceptors (Lipinski definition) is 9. The van der Waals surface area contributed by atoms with E-state index in [-0.39, 0.29) is 31.0 Å². The van der Waals surface area contributed by atoms with Crippen LogP contribution in [0.3, 0.4) is 0 Å². The molecule has 0 radical (unpaired) electrons. The van der Waals surface area contributed by atoms with E-state index < -0.39 is 35.8 Å². The Morgan fingerprint density at radius 3 is 2.31 bits per heavy atom. The number of methoxy groups -OCH3 is 2. The van der Waals surface area contributed by atoms with Crippen molar-refractivity contribution in [2.45, 2.75) is 51.6 Å². The standard InChI is InChI=1S/C37H44N6O7S/c1-21(2)18-50-19-22(3)37-43-30(20-51-37)36(47)42-29(13-23-15-38-26-10-7-6-9-25(23)26)35(46)41-28(34(45)40-17-32(44)49-5)14-24-16-39-27-11-8-12-31(48-4)33(24)27/h6-12,15-16,20-22,28-29,38-39H,13-14,17-19H2,1-5H3,(H,40,45)(H,41,46)(H,42,47). The van der Waals surface area contributed by atoms with Gasteiger partial charge >= 0.3 is 5.97 Å². The highest BCUT2D eigenvalue weighted by atomic mass is 32.1. The fourth-order valence-electron chi connectivity index (χ4n) is 5.74. The van der Waals surface area contributed by atoms with Crippen LogP contribution < -0.4 is 20.7 Å². The van der Waals surface area contributed by atoms with E-state index >= 15 is 0 Å². The van der Waals surface area contributed by atoms with Gasteiger partial charge < -0.3 is 40.1 Å². The zero-order valence-corrected chi connectivity index (χ0v) is 30.1. The number of thiazole rings is 1. The van der Waals surface area contributed by atoms with E-state index in [1.807, 2.05) is 43.3 Å². The maximum Gasteiger partial charge on any atom is 0.325 e. The van der Waals surface area contributed by atoms with Crippen molar-refractivity contribution >= 4 is 56.8 Å². The van der Waals surface area contributed by atoms with Crippen LogP contribution in [0.25, 0.3) is 21.8 Å². The molecular weight excluding hydrogens is 673 g/mol. The van der Waals surface area contributed by atoms with Crippen molar-refractivity contribution in [3.63, 3.8) is 0 Å². The normalized spacial score (nSPS) is 13.1. The molecule has 0 aliphatic heterocycles. The van der Waals surface area contributed by atoms with Gasteiger partial charge in [-0.1, -0.05) is 45.0 Å². The van der Waals surface area contributed by atoms with Crippen LogP contribution in [0.4, 0.5) is 0 Å². The number of nitrogens with zero attached hydrogens (tertiary/aromatic N) is 1. The third-order valence-corrected chi connectivity index (χ3v) is 9.45. The lowest BCUT2D eigenvalue weighted by Gasteiger charge is -2.23. The molecule has 13 nitrogen and oxygen atoms in total. The fraction of sp³-hybridized carbons (Fsp3) is 0.378. The number of nitrogens with one attached hydrogen (secondary N) is 5. The number of para-hydroxylation sites is 1. The van der Waals surface area contributed by atoms with Crippen LogP contribution in [0.5, 0.6) is 5.75 Å². The molecule has 0 aliphatic carbocycles. The summed E-state index contributed by atoms with van der Waals surface area (Å²) in [5.74, 6) is -1.39. The van der Waals surface area contributed by atoms with Crippen LogP contribution in [0.2, 0.25) is 0 Å². The average Bonchev–Trinajstić information content (AvgIpc) is 3.89. The Morgan fingerprint density at radius 2 is 1.55 bits per heavy atom. The first-order valence-corrected chi connectivity index (χ1v) is 17.6. The van der Waals surface area contributed by atoms with Gasteiger partial charge in [-0.25, -0.2) is 4.98 Å². The summed E-state index contributed by atoms with van der Waals surface area (Å²) in [7, 11) is 2.77. The first kappa shape index (κ1) is 37.1. The zero-order valence-electron chi connectivity index (χ0n) is 29.3. The first-order chi connectivity index (χ1) is 24.6. The van der Waals surface area contributed by atoms with E-state index in [4.69, 9.17) is 14.2 Å². The smallest absolute Gasteiger partial charge is 0.325 e. The van der Waals surface area contributed by atoms with Gasteiger partial charge in [0.15, 0.2) is 0 Å². The van der Waals surface area contributed by atoms with Gasteiger partial charge in [-0.3, -0.25) is 19.2 Å². The van der Waals surface area contributed by atoms with Crippen molar-refractivity contribution in [3.8, 4) is 5.75 Å². The molecule has 14 heteroatoms. The minimum atomic E-state index is -1.13. The van der Waals surface area contributed by atoms with Crippen molar-refractivity contribution < 1.29 is 33.4 Å². The van der Waals surface area contributed by atoms with Crippen LogP contribution in [-0.4, -0.2) is 84.7 Å². The van der Waals surface area contributed by atoms with Gasteiger partial charge in [-0.05, 0) is 35.2 Å². The molecule has 0 bridgehead atoms. The second kappa shape index (κ2) is 17.1. The Balaban J connectivity index is 1.41. The third kappa shape index (κ3) is 9.32. The van der Waals surface area contributed by atoms with Crippen LogP contribution in [0, 0.1) is 5.92 Å². The van der Waals surface area contributed by atoms with Crippen molar-refractivity contribution in [3.05, 3.63) is 82.1 Å². The maximum atomic E-state index is 14.2. The number of H-pyrrole nitrogens is 2.